The van der Waals surface area contributed by atoms with Gasteiger partial charge in [-0.25, -0.2) is 0 Å². The molecule has 0 aliphatic carbocycles. The minimum Gasteiger partial charge on any atom is -0.394 e. The molecule has 0 spiro atoms. The van der Waals surface area contributed by atoms with Crippen LogP contribution in [-0.4, -0.2) is 115 Å². The first-order valence-corrected chi connectivity index (χ1v) is 7.27. The van der Waals surface area contributed by atoms with Gasteiger partial charge in [0.15, 0.2) is 12.6 Å². The predicted octanol–water partition coefficient (Wildman–Crippen LogP) is -6.51. The van der Waals surface area contributed by atoms with Crippen LogP contribution in [0.5, 0.6) is 0 Å². The number of nitrogens with two attached hydrogens (primary N) is 2. The van der Waals surface area contributed by atoms with Crippen molar-refractivity contribution < 1.29 is 50.3 Å². The molecule has 10 atom stereocenters. The number of hydrogen-bond acceptors (Lipinski definition) is 12. The van der Waals surface area contributed by atoms with Gasteiger partial charge >= 0.3 is 0 Å². The van der Waals surface area contributed by atoms with Gasteiger partial charge in [0.05, 0.1) is 25.3 Å². The first kappa shape index (κ1) is 21.6. The minimum absolute atomic E-state index is 0.470. The lowest BCUT2D eigenvalue weighted by molar-refractivity contribution is -0.248. The molecule has 2 saturated heterocycles. The van der Waals surface area contributed by atoms with E-state index in [0.29, 0.717) is 0 Å². The maximum Gasteiger partial charge on any atom is 0.173 e. The van der Waals surface area contributed by atoms with E-state index in [1.54, 1.807) is 0 Å². The smallest absolute Gasteiger partial charge is 0.173 e. The van der Waals surface area contributed by atoms with Gasteiger partial charge in [0.1, 0.15) is 36.6 Å². The first-order valence-electron chi connectivity index (χ1n) is 7.27. The molecule has 12 heteroatoms. The Labute approximate surface area is 137 Å². The second kappa shape index (κ2) is 9.28. The molecule has 2 aliphatic heterocycles. The third-order valence-electron chi connectivity index (χ3n) is 3.90. The van der Waals surface area contributed by atoms with Crippen LogP contribution in [0.2, 0.25) is 0 Å². The normalized spacial score (nSPS) is 49.2. The quantitative estimate of drug-likeness (QED) is 0.222. The van der Waals surface area contributed by atoms with Crippen LogP contribution in [0.1, 0.15) is 0 Å². The molecule has 0 bridgehead atoms. The molecular formula is C12H26N2O10. The molecule has 1 unspecified atom stereocenters. The van der Waals surface area contributed by atoms with Gasteiger partial charge in [-0.05, 0) is 0 Å². The molecule has 0 amide bonds. The first-order chi connectivity index (χ1) is 11.1. The fourth-order valence-electron chi connectivity index (χ4n) is 2.24. The summed E-state index contributed by atoms with van der Waals surface area (Å²) in [5, 5.41) is 72.1. The molecule has 2 aliphatic rings. The maximum absolute atomic E-state index is 9.20. The van der Waals surface area contributed by atoms with E-state index in [4.69, 9.17) is 41.4 Å². The summed E-state index contributed by atoms with van der Waals surface area (Å²) in [5.74, 6) is 0. The van der Waals surface area contributed by atoms with Crippen molar-refractivity contribution in [3.8, 4) is 0 Å². The number of ether oxygens (including phenoxy) is 2. The van der Waals surface area contributed by atoms with Crippen LogP contribution in [0, 0.1) is 0 Å². The van der Waals surface area contributed by atoms with E-state index < -0.39 is 74.5 Å². The number of hydrogen-bond donors (Lipinski definition) is 10. The Morgan fingerprint density at radius 1 is 0.583 bits per heavy atom. The Morgan fingerprint density at radius 2 is 0.875 bits per heavy atom. The van der Waals surface area contributed by atoms with Gasteiger partial charge in [0.25, 0.3) is 0 Å². The Kier molecular flexibility index (Phi) is 8.34. The second-order valence-corrected chi connectivity index (χ2v) is 5.61. The lowest BCUT2D eigenvalue weighted by Gasteiger charge is -2.38. The molecule has 2 rings (SSSR count). The van der Waals surface area contributed by atoms with E-state index in [9.17, 15) is 20.4 Å². The molecule has 12 nitrogen and oxygen atoms in total. The molecule has 12 N–H and O–H groups in total. The number of aliphatic hydroxyl groups excluding tert-OH is 8. The van der Waals surface area contributed by atoms with E-state index in [1.807, 2.05) is 0 Å². The summed E-state index contributed by atoms with van der Waals surface area (Å²) >= 11 is 0. The molecule has 2 fully saturated rings. The third kappa shape index (κ3) is 4.78. The average molecular weight is 358 g/mol. The monoisotopic (exact) mass is 358 g/mol. The van der Waals surface area contributed by atoms with Gasteiger partial charge in [0.2, 0.25) is 0 Å². The van der Waals surface area contributed by atoms with Crippen LogP contribution in [0.3, 0.4) is 0 Å². The molecule has 0 aromatic carbocycles. The van der Waals surface area contributed by atoms with E-state index in [1.165, 1.54) is 0 Å². The Hall–Kier alpha value is -0.480. The molecule has 0 saturated carbocycles. The molecule has 2 heterocycles. The summed E-state index contributed by atoms with van der Waals surface area (Å²) in [5.41, 5.74) is 10.5. The van der Waals surface area contributed by atoms with Crippen molar-refractivity contribution in [2.45, 2.75) is 61.3 Å². The summed E-state index contributed by atoms with van der Waals surface area (Å²) < 4.78 is 9.40. The third-order valence-corrected chi connectivity index (χ3v) is 3.90. The van der Waals surface area contributed by atoms with Crippen LogP contribution < -0.4 is 11.5 Å². The summed E-state index contributed by atoms with van der Waals surface area (Å²) in [6, 6.07) is -2.08. The summed E-state index contributed by atoms with van der Waals surface area (Å²) in [4.78, 5) is 0. The molecule has 0 aromatic rings. The fourth-order valence-corrected chi connectivity index (χ4v) is 2.24. The van der Waals surface area contributed by atoms with Gasteiger partial charge in [-0.1, -0.05) is 0 Å². The highest BCUT2D eigenvalue weighted by molar-refractivity contribution is 4.91. The summed E-state index contributed by atoms with van der Waals surface area (Å²) in [6.07, 6.45) is -9.70. The molecular weight excluding hydrogens is 332 g/mol. The Balaban J connectivity index is 0.000000240. The van der Waals surface area contributed by atoms with E-state index >= 15 is 0 Å². The van der Waals surface area contributed by atoms with E-state index in [-0.39, 0.29) is 0 Å². The van der Waals surface area contributed by atoms with Crippen LogP contribution >= 0.6 is 0 Å². The zero-order valence-electron chi connectivity index (χ0n) is 12.7. The summed E-state index contributed by atoms with van der Waals surface area (Å²) in [6.45, 7) is -0.940. The van der Waals surface area contributed by atoms with Crippen molar-refractivity contribution >= 4 is 0 Å². The lowest BCUT2D eigenvalue weighted by Crippen LogP contribution is -2.61. The molecule has 0 aromatic heterocycles. The standard InChI is InChI=1S/2C6H13NO5/c2*7-3-5(10)4(9)2(1-8)12-6(3)11/h2*2-6,8-11H,1,7H2/t2-,3-,4-,5-,6?;2-,3-,4-,5-,6+/m11/s1. The van der Waals surface area contributed by atoms with Crippen LogP contribution in [0.15, 0.2) is 0 Å². The second-order valence-electron chi connectivity index (χ2n) is 5.61. The van der Waals surface area contributed by atoms with Gasteiger partial charge in [0, 0.05) is 0 Å². The van der Waals surface area contributed by atoms with Crippen molar-refractivity contribution in [1.82, 2.24) is 0 Å². The predicted molar refractivity (Wildman–Crippen MR) is 75.9 cm³/mol. The SMILES string of the molecule is N[C@@H]1[C@@H](O)[C@H](O)[C@@H](CO)O[C@@H]1O.N[C@H]1C(O)O[C@H](CO)[C@@H](O)[C@@H]1O. The van der Waals surface area contributed by atoms with Gasteiger partial charge < -0.3 is 61.8 Å². The average Bonchev–Trinajstić information content (AvgIpc) is 2.58. The largest absolute Gasteiger partial charge is 0.394 e. The van der Waals surface area contributed by atoms with Crippen LogP contribution in [-0.2, 0) is 9.47 Å². The van der Waals surface area contributed by atoms with Gasteiger partial charge in [-0.3, -0.25) is 0 Å². The highest BCUT2D eigenvalue weighted by atomic mass is 16.6. The molecule has 0 radical (unpaired) electrons. The number of aliphatic hydroxyl groups is 8. The fraction of sp³-hybridized carbons (Fsp3) is 1.00. The zero-order chi connectivity index (χ0) is 18.6. The Morgan fingerprint density at radius 3 is 1.12 bits per heavy atom. The maximum atomic E-state index is 9.20. The highest BCUT2D eigenvalue weighted by Crippen LogP contribution is 2.18. The number of rotatable bonds is 2. The van der Waals surface area contributed by atoms with Crippen molar-refractivity contribution in [2.75, 3.05) is 13.2 Å². The van der Waals surface area contributed by atoms with Crippen molar-refractivity contribution in [3.63, 3.8) is 0 Å². The van der Waals surface area contributed by atoms with Crippen molar-refractivity contribution in [3.05, 3.63) is 0 Å². The lowest BCUT2D eigenvalue weighted by atomic mass is 9.98. The van der Waals surface area contributed by atoms with Crippen molar-refractivity contribution in [2.24, 2.45) is 11.5 Å². The van der Waals surface area contributed by atoms with Crippen LogP contribution in [0.4, 0.5) is 0 Å². The van der Waals surface area contributed by atoms with Crippen molar-refractivity contribution in [1.29, 1.82) is 0 Å². The molecule has 144 valence electrons. The van der Waals surface area contributed by atoms with Gasteiger partial charge in [-0.15, -0.1) is 0 Å². The highest BCUT2D eigenvalue weighted by Gasteiger charge is 2.42. The molecule has 24 heavy (non-hydrogen) atoms. The van der Waals surface area contributed by atoms with E-state index in [2.05, 4.69) is 0 Å². The minimum atomic E-state index is -1.35. The summed E-state index contributed by atoms with van der Waals surface area (Å²) in [7, 11) is 0. The van der Waals surface area contributed by atoms with Gasteiger partial charge in [-0.2, -0.15) is 0 Å². The van der Waals surface area contributed by atoms with E-state index in [0.717, 1.165) is 0 Å². The zero-order valence-corrected chi connectivity index (χ0v) is 12.7. The van der Waals surface area contributed by atoms with Crippen LogP contribution in [0.25, 0.3) is 0 Å². The topological polar surface area (TPSA) is 232 Å². The Bertz CT molecular complexity index is 334.